The maximum absolute atomic E-state index is 13.6. The molecule has 0 aliphatic rings. The van der Waals surface area contributed by atoms with E-state index < -0.39 is 11.8 Å². The monoisotopic (exact) mass is 326 g/mol. The molecule has 0 atom stereocenters. The molecular weight excluding hydrogens is 319 g/mol. The van der Waals surface area contributed by atoms with Gasteiger partial charge in [-0.2, -0.15) is 0 Å². The van der Waals surface area contributed by atoms with Gasteiger partial charge in [0.25, 0.3) is 5.56 Å². The van der Waals surface area contributed by atoms with E-state index in [0.29, 0.717) is 0 Å². The number of carbonyl (C=O) groups is 1. The lowest BCUT2D eigenvalue weighted by Crippen LogP contribution is -2.21. The minimum atomic E-state index is -1.15. The molecule has 2 aromatic rings. The van der Waals surface area contributed by atoms with E-state index in [-0.39, 0.29) is 27.7 Å². The standard InChI is InChI=1S/C12H8BrFN2O3/c13-9-4-15-6-16(11(9)17)5-8-3-7(12(18)19)1-2-10(8)14/h1-4,6H,5H2,(H,18,19). The van der Waals surface area contributed by atoms with Crippen LogP contribution in [0.15, 0.2) is 40.0 Å². The van der Waals surface area contributed by atoms with Crippen molar-refractivity contribution in [1.29, 1.82) is 0 Å². The number of nitrogens with zero attached hydrogens (tertiary/aromatic N) is 2. The summed E-state index contributed by atoms with van der Waals surface area (Å²) in [4.78, 5) is 26.4. The number of benzene rings is 1. The summed E-state index contributed by atoms with van der Waals surface area (Å²) in [6.45, 7) is -0.0851. The maximum Gasteiger partial charge on any atom is 0.335 e. The minimum absolute atomic E-state index is 0.0348. The van der Waals surface area contributed by atoms with Crippen molar-refractivity contribution in [2.45, 2.75) is 6.54 Å². The Hall–Kier alpha value is -2.02. The van der Waals surface area contributed by atoms with E-state index >= 15 is 0 Å². The highest BCUT2D eigenvalue weighted by Gasteiger charge is 2.10. The largest absolute Gasteiger partial charge is 0.478 e. The zero-order valence-corrected chi connectivity index (χ0v) is 11.1. The van der Waals surface area contributed by atoms with Gasteiger partial charge < -0.3 is 5.11 Å². The molecule has 19 heavy (non-hydrogen) atoms. The molecule has 0 bridgehead atoms. The summed E-state index contributed by atoms with van der Waals surface area (Å²) in [7, 11) is 0. The molecule has 7 heteroatoms. The first-order valence-corrected chi connectivity index (χ1v) is 6.00. The normalized spacial score (nSPS) is 10.4. The maximum atomic E-state index is 13.6. The molecule has 1 aromatic heterocycles. The molecule has 0 unspecified atom stereocenters. The van der Waals surface area contributed by atoms with Crippen molar-refractivity contribution in [2.75, 3.05) is 0 Å². The Morgan fingerprint density at radius 1 is 1.47 bits per heavy atom. The topological polar surface area (TPSA) is 72.2 Å². The van der Waals surface area contributed by atoms with Crippen molar-refractivity contribution in [3.8, 4) is 0 Å². The average molecular weight is 327 g/mol. The second-order valence-corrected chi connectivity index (χ2v) is 4.64. The summed E-state index contributed by atoms with van der Waals surface area (Å²) in [6.07, 6.45) is 2.60. The summed E-state index contributed by atoms with van der Waals surface area (Å²) >= 11 is 3.03. The smallest absolute Gasteiger partial charge is 0.335 e. The lowest BCUT2D eigenvalue weighted by molar-refractivity contribution is 0.0696. The van der Waals surface area contributed by atoms with E-state index in [1.54, 1.807) is 0 Å². The van der Waals surface area contributed by atoms with Crippen LogP contribution in [0.3, 0.4) is 0 Å². The predicted octanol–water partition coefficient (Wildman–Crippen LogP) is 1.89. The number of hydrogen-bond donors (Lipinski definition) is 1. The third-order valence-corrected chi connectivity index (χ3v) is 3.04. The van der Waals surface area contributed by atoms with Crippen LogP contribution in [-0.4, -0.2) is 20.6 Å². The molecule has 98 valence electrons. The van der Waals surface area contributed by atoms with Gasteiger partial charge in [0.1, 0.15) is 10.3 Å². The fraction of sp³-hybridized carbons (Fsp3) is 0.0833. The van der Waals surface area contributed by atoms with Crippen LogP contribution >= 0.6 is 15.9 Å². The van der Waals surface area contributed by atoms with E-state index in [4.69, 9.17) is 5.11 Å². The molecule has 0 aliphatic carbocycles. The minimum Gasteiger partial charge on any atom is -0.478 e. The van der Waals surface area contributed by atoms with Crippen LogP contribution in [0.1, 0.15) is 15.9 Å². The molecule has 5 nitrogen and oxygen atoms in total. The second-order valence-electron chi connectivity index (χ2n) is 3.79. The second kappa shape index (κ2) is 5.31. The van der Waals surface area contributed by atoms with Gasteiger partial charge in [0, 0.05) is 11.8 Å². The molecule has 0 aliphatic heterocycles. The first-order chi connectivity index (χ1) is 8.99. The zero-order chi connectivity index (χ0) is 14.0. The SMILES string of the molecule is O=C(O)c1ccc(F)c(Cn2cncc(Br)c2=O)c1. The number of halogens is 2. The van der Waals surface area contributed by atoms with Crippen LogP contribution < -0.4 is 5.56 Å². The quantitative estimate of drug-likeness (QED) is 0.934. The number of hydrogen-bond acceptors (Lipinski definition) is 3. The molecule has 0 spiro atoms. The van der Waals surface area contributed by atoms with E-state index in [2.05, 4.69) is 20.9 Å². The van der Waals surface area contributed by atoms with Crippen molar-refractivity contribution in [1.82, 2.24) is 9.55 Å². The molecule has 1 heterocycles. The summed E-state index contributed by atoms with van der Waals surface area (Å²) in [5.41, 5.74) is -0.288. The van der Waals surface area contributed by atoms with Crippen LogP contribution in [-0.2, 0) is 6.54 Å². The molecule has 0 fully saturated rings. The van der Waals surface area contributed by atoms with Crippen molar-refractivity contribution in [3.63, 3.8) is 0 Å². The van der Waals surface area contributed by atoms with Crippen molar-refractivity contribution in [3.05, 3.63) is 62.5 Å². The lowest BCUT2D eigenvalue weighted by atomic mass is 10.1. The first kappa shape index (κ1) is 13.4. The molecule has 0 saturated heterocycles. The van der Waals surface area contributed by atoms with Gasteiger partial charge in [0.15, 0.2) is 0 Å². The van der Waals surface area contributed by atoms with E-state index in [0.717, 1.165) is 6.07 Å². The molecule has 1 aromatic carbocycles. The number of carboxylic acids is 1. The van der Waals surface area contributed by atoms with Crippen LogP contribution in [0.25, 0.3) is 0 Å². The molecule has 0 radical (unpaired) electrons. The van der Waals surface area contributed by atoms with Crippen molar-refractivity contribution >= 4 is 21.9 Å². The number of carboxylic acid groups (broad SMARTS) is 1. The molecule has 2 rings (SSSR count). The Labute approximate surface area is 115 Å². The molecule has 0 saturated carbocycles. The van der Waals surface area contributed by atoms with Crippen molar-refractivity contribution in [2.24, 2.45) is 0 Å². The first-order valence-electron chi connectivity index (χ1n) is 5.20. The van der Waals surface area contributed by atoms with Crippen LogP contribution in [0.5, 0.6) is 0 Å². The Balaban J connectivity index is 2.43. The van der Waals surface area contributed by atoms with E-state index in [1.807, 2.05) is 0 Å². The number of aromatic carboxylic acids is 1. The van der Waals surface area contributed by atoms with Gasteiger partial charge in [0.2, 0.25) is 0 Å². The Bertz CT molecular complexity index is 700. The highest BCUT2D eigenvalue weighted by Crippen LogP contribution is 2.12. The highest BCUT2D eigenvalue weighted by molar-refractivity contribution is 9.10. The van der Waals surface area contributed by atoms with Crippen molar-refractivity contribution < 1.29 is 14.3 Å². The summed E-state index contributed by atoms with van der Waals surface area (Å²) in [6, 6.07) is 3.43. The number of aromatic nitrogens is 2. The van der Waals surface area contributed by atoms with Crippen LogP contribution in [0.4, 0.5) is 4.39 Å². The van der Waals surface area contributed by atoms with Gasteiger partial charge in [-0.15, -0.1) is 0 Å². The third-order valence-electron chi connectivity index (χ3n) is 2.49. The van der Waals surface area contributed by atoms with Gasteiger partial charge in [-0.3, -0.25) is 9.36 Å². The van der Waals surface area contributed by atoms with Gasteiger partial charge in [0.05, 0.1) is 18.4 Å². The Morgan fingerprint density at radius 3 is 2.89 bits per heavy atom. The fourth-order valence-corrected chi connectivity index (χ4v) is 1.90. The fourth-order valence-electron chi connectivity index (χ4n) is 1.55. The molecule has 0 amide bonds. The summed E-state index contributed by atoms with van der Waals surface area (Å²) < 4.78 is 15.1. The van der Waals surface area contributed by atoms with E-state index in [1.165, 1.54) is 29.2 Å². The molecule has 1 N–H and O–H groups in total. The lowest BCUT2D eigenvalue weighted by Gasteiger charge is -2.07. The Kier molecular flexibility index (Phi) is 3.75. The van der Waals surface area contributed by atoms with Gasteiger partial charge >= 0.3 is 5.97 Å². The predicted molar refractivity (Wildman–Crippen MR) is 68.7 cm³/mol. The average Bonchev–Trinajstić information content (AvgIpc) is 2.37. The van der Waals surface area contributed by atoms with Gasteiger partial charge in [-0.25, -0.2) is 14.2 Å². The Morgan fingerprint density at radius 2 is 2.21 bits per heavy atom. The highest BCUT2D eigenvalue weighted by atomic mass is 79.9. The van der Waals surface area contributed by atoms with E-state index in [9.17, 15) is 14.0 Å². The summed E-state index contributed by atoms with van der Waals surface area (Å²) in [5.74, 6) is -1.72. The zero-order valence-electron chi connectivity index (χ0n) is 9.51. The van der Waals surface area contributed by atoms with Crippen LogP contribution in [0, 0.1) is 5.82 Å². The third kappa shape index (κ3) is 2.87. The van der Waals surface area contributed by atoms with Gasteiger partial charge in [-0.05, 0) is 34.1 Å². The number of rotatable bonds is 3. The van der Waals surface area contributed by atoms with Crippen LogP contribution in [0.2, 0.25) is 0 Å². The van der Waals surface area contributed by atoms with Gasteiger partial charge in [-0.1, -0.05) is 0 Å². The molecular formula is C12H8BrFN2O3. The summed E-state index contributed by atoms with van der Waals surface area (Å²) in [5, 5.41) is 8.85.